The van der Waals surface area contributed by atoms with Crippen molar-refractivity contribution in [3.63, 3.8) is 0 Å². The second-order valence-electron chi connectivity index (χ2n) is 6.68. The lowest BCUT2D eigenvalue weighted by Crippen LogP contribution is -2.22. The van der Waals surface area contributed by atoms with E-state index in [0.29, 0.717) is 35.3 Å². The topological polar surface area (TPSA) is 61.9 Å². The fraction of sp³-hybridized carbons (Fsp3) is 0.474. The van der Waals surface area contributed by atoms with E-state index in [2.05, 4.69) is 40.6 Å². The van der Waals surface area contributed by atoms with Gasteiger partial charge in [-0.25, -0.2) is 4.98 Å². The minimum atomic E-state index is 0.311. The van der Waals surface area contributed by atoms with E-state index in [1.54, 1.807) is 0 Å². The van der Waals surface area contributed by atoms with Crippen molar-refractivity contribution in [2.24, 2.45) is 0 Å². The molecule has 4 nitrogen and oxygen atoms in total. The first-order valence-electron chi connectivity index (χ1n) is 8.57. The van der Waals surface area contributed by atoms with Crippen molar-refractivity contribution in [3.05, 3.63) is 47.5 Å². The van der Waals surface area contributed by atoms with E-state index in [1.165, 1.54) is 24.8 Å². The SMILES string of the molecule is N#Cc1nc([C@H]2C[C@H]2c2ccccc2)oc1NC1CCCCC1. The number of oxazole rings is 1. The lowest BCUT2D eigenvalue weighted by molar-refractivity contribution is 0.442. The molecular formula is C19H21N3O. The molecule has 4 rings (SSSR count). The first-order chi connectivity index (χ1) is 11.3. The molecule has 1 N–H and O–H groups in total. The monoisotopic (exact) mass is 307 g/mol. The summed E-state index contributed by atoms with van der Waals surface area (Å²) in [5.74, 6) is 2.08. The van der Waals surface area contributed by atoms with Crippen LogP contribution in [0, 0.1) is 11.3 Å². The Kier molecular flexibility index (Phi) is 3.78. The normalized spacial score (nSPS) is 24.1. The highest BCUT2D eigenvalue weighted by Gasteiger charge is 2.43. The highest BCUT2D eigenvalue weighted by Crippen LogP contribution is 2.54. The van der Waals surface area contributed by atoms with Crippen LogP contribution >= 0.6 is 0 Å². The van der Waals surface area contributed by atoms with Crippen molar-refractivity contribution in [1.82, 2.24) is 4.98 Å². The van der Waals surface area contributed by atoms with Gasteiger partial charge < -0.3 is 9.73 Å². The Balaban J connectivity index is 1.49. The van der Waals surface area contributed by atoms with Gasteiger partial charge in [0.1, 0.15) is 6.07 Å². The molecule has 4 heteroatoms. The zero-order chi connectivity index (χ0) is 15.6. The average Bonchev–Trinajstić information content (AvgIpc) is 3.31. The van der Waals surface area contributed by atoms with E-state index in [-0.39, 0.29) is 0 Å². The van der Waals surface area contributed by atoms with E-state index in [0.717, 1.165) is 19.3 Å². The summed E-state index contributed by atoms with van der Waals surface area (Å²) in [6.45, 7) is 0. The van der Waals surface area contributed by atoms with E-state index >= 15 is 0 Å². The van der Waals surface area contributed by atoms with Crippen LogP contribution in [0.25, 0.3) is 0 Å². The van der Waals surface area contributed by atoms with Gasteiger partial charge in [-0.15, -0.1) is 0 Å². The van der Waals surface area contributed by atoms with E-state index < -0.39 is 0 Å². The van der Waals surface area contributed by atoms with Crippen LogP contribution < -0.4 is 5.32 Å². The van der Waals surface area contributed by atoms with Gasteiger partial charge in [0, 0.05) is 12.0 Å². The lowest BCUT2D eigenvalue weighted by Gasteiger charge is -2.22. The summed E-state index contributed by atoms with van der Waals surface area (Å²) in [5.41, 5.74) is 1.74. The van der Waals surface area contributed by atoms with Gasteiger partial charge >= 0.3 is 0 Å². The minimum Gasteiger partial charge on any atom is -0.424 e. The molecule has 2 saturated carbocycles. The quantitative estimate of drug-likeness (QED) is 0.899. The summed E-state index contributed by atoms with van der Waals surface area (Å²) in [7, 11) is 0. The van der Waals surface area contributed by atoms with Crippen molar-refractivity contribution in [3.8, 4) is 6.07 Å². The standard InChI is InChI=1S/C19H21N3O/c20-12-17-19(21-14-9-5-2-6-10-14)23-18(22-17)16-11-15(16)13-7-3-1-4-8-13/h1,3-4,7-8,14-16,21H,2,5-6,9-11H2/t15-,16-/m0/s1. The fourth-order valence-corrected chi connectivity index (χ4v) is 3.64. The van der Waals surface area contributed by atoms with Crippen LogP contribution in [0.2, 0.25) is 0 Å². The number of nitrogens with zero attached hydrogens (tertiary/aromatic N) is 2. The predicted molar refractivity (Wildman–Crippen MR) is 88.3 cm³/mol. The minimum absolute atomic E-state index is 0.311. The van der Waals surface area contributed by atoms with Gasteiger partial charge in [-0.05, 0) is 30.7 Å². The van der Waals surface area contributed by atoms with Crippen LogP contribution in [0.4, 0.5) is 5.88 Å². The number of aromatic nitrogens is 1. The molecule has 0 saturated heterocycles. The summed E-state index contributed by atoms with van der Waals surface area (Å²) in [5, 5.41) is 12.7. The molecule has 0 aliphatic heterocycles. The number of anilines is 1. The molecule has 2 aliphatic carbocycles. The number of nitrogens with one attached hydrogen (secondary N) is 1. The molecule has 2 fully saturated rings. The molecule has 0 spiro atoms. The van der Waals surface area contributed by atoms with Gasteiger partial charge in [0.25, 0.3) is 0 Å². The first-order valence-corrected chi connectivity index (χ1v) is 8.57. The van der Waals surface area contributed by atoms with Crippen molar-refractivity contribution >= 4 is 5.88 Å². The van der Waals surface area contributed by atoms with E-state index in [1.807, 2.05) is 6.07 Å². The molecule has 1 aromatic carbocycles. The third-order valence-corrected chi connectivity index (χ3v) is 5.03. The summed E-state index contributed by atoms with van der Waals surface area (Å²) in [6.07, 6.45) is 7.16. The molecule has 0 amide bonds. The zero-order valence-electron chi connectivity index (χ0n) is 13.2. The Hall–Kier alpha value is -2.28. The molecular weight excluding hydrogens is 286 g/mol. The molecule has 2 aromatic rings. The Bertz CT molecular complexity index is 710. The molecule has 0 radical (unpaired) electrons. The maximum Gasteiger partial charge on any atom is 0.232 e. The molecule has 0 bridgehead atoms. The van der Waals surface area contributed by atoms with Crippen molar-refractivity contribution in [2.75, 3.05) is 5.32 Å². The smallest absolute Gasteiger partial charge is 0.232 e. The molecule has 118 valence electrons. The van der Waals surface area contributed by atoms with Crippen LogP contribution in [0.3, 0.4) is 0 Å². The molecule has 0 unspecified atom stereocenters. The molecule has 1 heterocycles. The number of rotatable bonds is 4. The van der Waals surface area contributed by atoms with Gasteiger partial charge in [-0.3, -0.25) is 0 Å². The Morgan fingerprint density at radius 1 is 1.09 bits per heavy atom. The van der Waals surface area contributed by atoms with Crippen LogP contribution in [0.1, 0.15) is 67.5 Å². The number of benzene rings is 1. The fourth-order valence-electron chi connectivity index (χ4n) is 3.64. The summed E-state index contributed by atoms with van der Waals surface area (Å²) in [4.78, 5) is 4.44. The third-order valence-electron chi connectivity index (χ3n) is 5.03. The highest BCUT2D eigenvalue weighted by atomic mass is 16.4. The van der Waals surface area contributed by atoms with Crippen LogP contribution in [-0.2, 0) is 0 Å². The van der Waals surface area contributed by atoms with Crippen molar-refractivity contribution in [1.29, 1.82) is 5.26 Å². The van der Waals surface area contributed by atoms with Gasteiger partial charge in [0.05, 0.1) is 0 Å². The second-order valence-corrected chi connectivity index (χ2v) is 6.68. The molecule has 23 heavy (non-hydrogen) atoms. The maximum absolute atomic E-state index is 9.33. The summed E-state index contributed by atoms with van der Waals surface area (Å²) in [6, 6.07) is 13.1. The van der Waals surface area contributed by atoms with Crippen LogP contribution in [0.5, 0.6) is 0 Å². The zero-order valence-corrected chi connectivity index (χ0v) is 13.2. The van der Waals surface area contributed by atoms with Crippen molar-refractivity contribution < 1.29 is 4.42 Å². The van der Waals surface area contributed by atoms with E-state index in [9.17, 15) is 5.26 Å². The number of hydrogen-bond acceptors (Lipinski definition) is 4. The van der Waals surface area contributed by atoms with Crippen LogP contribution in [0.15, 0.2) is 34.7 Å². The average molecular weight is 307 g/mol. The molecule has 1 aromatic heterocycles. The predicted octanol–water partition coefficient (Wildman–Crippen LogP) is 4.56. The Labute approximate surface area is 136 Å². The number of nitriles is 1. The highest BCUT2D eigenvalue weighted by molar-refractivity contribution is 5.47. The number of hydrogen-bond donors (Lipinski definition) is 1. The van der Waals surface area contributed by atoms with E-state index in [4.69, 9.17) is 4.42 Å². The Morgan fingerprint density at radius 2 is 1.87 bits per heavy atom. The van der Waals surface area contributed by atoms with Crippen molar-refractivity contribution in [2.45, 2.75) is 56.4 Å². The Morgan fingerprint density at radius 3 is 2.61 bits per heavy atom. The van der Waals surface area contributed by atoms with Gasteiger partial charge in [0.2, 0.25) is 17.5 Å². The van der Waals surface area contributed by atoms with Gasteiger partial charge in [-0.2, -0.15) is 5.26 Å². The third kappa shape index (κ3) is 2.96. The van der Waals surface area contributed by atoms with Crippen LogP contribution in [-0.4, -0.2) is 11.0 Å². The second kappa shape index (κ2) is 6.08. The molecule has 2 atom stereocenters. The molecule has 2 aliphatic rings. The summed E-state index contributed by atoms with van der Waals surface area (Å²) >= 11 is 0. The summed E-state index contributed by atoms with van der Waals surface area (Å²) < 4.78 is 5.94. The van der Waals surface area contributed by atoms with Gasteiger partial charge in [-0.1, -0.05) is 49.6 Å². The first kappa shape index (κ1) is 14.3. The largest absolute Gasteiger partial charge is 0.424 e. The van der Waals surface area contributed by atoms with Gasteiger partial charge in [0.15, 0.2) is 0 Å². The lowest BCUT2D eigenvalue weighted by atomic mass is 9.95. The maximum atomic E-state index is 9.33.